The van der Waals surface area contributed by atoms with E-state index in [4.69, 9.17) is 9.47 Å². The highest BCUT2D eigenvalue weighted by atomic mass is 16.5. The first-order chi connectivity index (χ1) is 10.2. The van der Waals surface area contributed by atoms with Crippen LogP contribution in [0.15, 0.2) is 29.8 Å². The van der Waals surface area contributed by atoms with Crippen LogP contribution in [0.4, 0.5) is 0 Å². The second kappa shape index (κ2) is 7.69. The molecule has 0 bridgehead atoms. The third kappa shape index (κ3) is 4.49. The zero-order valence-electron chi connectivity index (χ0n) is 12.6. The molecule has 1 aromatic rings. The highest BCUT2D eigenvalue weighted by Gasteiger charge is 2.11. The van der Waals surface area contributed by atoms with Gasteiger partial charge in [0.1, 0.15) is 11.5 Å². The van der Waals surface area contributed by atoms with Crippen molar-refractivity contribution in [2.45, 2.75) is 12.8 Å². The summed E-state index contributed by atoms with van der Waals surface area (Å²) in [6.07, 6.45) is 3.41. The number of nitrogens with one attached hydrogen (secondary N) is 2. The number of carbonyl (C=O) groups is 1. The van der Waals surface area contributed by atoms with Crippen LogP contribution in [-0.2, 0) is 11.2 Å². The predicted molar refractivity (Wildman–Crippen MR) is 81.8 cm³/mol. The molecule has 1 heterocycles. The molecule has 5 heteroatoms. The molecule has 1 aliphatic rings. The lowest BCUT2D eigenvalue weighted by Crippen LogP contribution is -2.30. The Bertz CT molecular complexity index is 526. The number of hydrogen-bond donors (Lipinski definition) is 2. The van der Waals surface area contributed by atoms with E-state index < -0.39 is 0 Å². The molecular weight excluding hydrogens is 268 g/mol. The van der Waals surface area contributed by atoms with E-state index in [0.29, 0.717) is 12.3 Å². The number of carbonyl (C=O) groups excluding carboxylic acids is 1. The van der Waals surface area contributed by atoms with Gasteiger partial charge in [-0.2, -0.15) is 0 Å². The smallest absolute Gasteiger partial charge is 0.224 e. The monoisotopic (exact) mass is 290 g/mol. The van der Waals surface area contributed by atoms with Crippen LogP contribution in [0.1, 0.15) is 12.0 Å². The van der Waals surface area contributed by atoms with Crippen molar-refractivity contribution in [1.29, 1.82) is 0 Å². The van der Waals surface area contributed by atoms with Crippen LogP contribution in [0.3, 0.4) is 0 Å². The standard InChI is InChI=1S/C16H22N2O3/c1-20-14-3-4-15(21-2)13(9-14)10-16(19)18-11-12-5-7-17-8-6-12/h3-5,9,17H,6-8,10-11H2,1-2H3,(H,18,19). The maximum absolute atomic E-state index is 12.1. The van der Waals surface area contributed by atoms with Gasteiger partial charge in [0.05, 0.1) is 20.6 Å². The molecule has 0 spiro atoms. The summed E-state index contributed by atoms with van der Waals surface area (Å²) in [4.78, 5) is 12.1. The van der Waals surface area contributed by atoms with Gasteiger partial charge < -0.3 is 20.1 Å². The fourth-order valence-electron chi connectivity index (χ4n) is 2.30. The first-order valence-electron chi connectivity index (χ1n) is 7.09. The topological polar surface area (TPSA) is 59.6 Å². The van der Waals surface area contributed by atoms with E-state index in [1.807, 2.05) is 18.2 Å². The predicted octanol–water partition coefficient (Wildman–Crippen LogP) is 1.28. The SMILES string of the molecule is COc1ccc(OC)c(CC(=O)NCC2=CCNCC2)c1. The summed E-state index contributed by atoms with van der Waals surface area (Å²) in [5, 5.41) is 6.21. The van der Waals surface area contributed by atoms with Crippen molar-refractivity contribution in [1.82, 2.24) is 10.6 Å². The Labute approximate surface area is 125 Å². The summed E-state index contributed by atoms with van der Waals surface area (Å²) in [5.41, 5.74) is 2.10. The van der Waals surface area contributed by atoms with Gasteiger partial charge in [-0.15, -0.1) is 0 Å². The Morgan fingerprint density at radius 2 is 2.19 bits per heavy atom. The second-order valence-corrected chi connectivity index (χ2v) is 4.95. The van der Waals surface area contributed by atoms with Crippen molar-refractivity contribution in [3.05, 3.63) is 35.4 Å². The molecule has 1 amide bonds. The van der Waals surface area contributed by atoms with Crippen LogP contribution < -0.4 is 20.1 Å². The number of amides is 1. The molecule has 5 nitrogen and oxygen atoms in total. The van der Waals surface area contributed by atoms with E-state index >= 15 is 0 Å². The molecule has 0 radical (unpaired) electrons. The Hall–Kier alpha value is -2.01. The van der Waals surface area contributed by atoms with Gasteiger partial charge in [0.25, 0.3) is 0 Å². The van der Waals surface area contributed by atoms with Gasteiger partial charge in [-0.3, -0.25) is 4.79 Å². The zero-order valence-corrected chi connectivity index (χ0v) is 12.6. The highest BCUT2D eigenvalue weighted by Crippen LogP contribution is 2.24. The van der Waals surface area contributed by atoms with Gasteiger partial charge in [-0.05, 0) is 31.2 Å². The molecule has 0 unspecified atom stereocenters. The molecular formula is C16H22N2O3. The minimum Gasteiger partial charge on any atom is -0.497 e. The summed E-state index contributed by atoms with van der Waals surface area (Å²) in [6, 6.07) is 5.47. The lowest BCUT2D eigenvalue weighted by Gasteiger charge is -2.15. The quantitative estimate of drug-likeness (QED) is 0.775. The number of benzene rings is 1. The minimum atomic E-state index is -0.0130. The van der Waals surface area contributed by atoms with Crippen LogP contribution in [0, 0.1) is 0 Å². The summed E-state index contributed by atoms with van der Waals surface area (Å²) in [5.74, 6) is 1.41. The lowest BCUT2D eigenvalue weighted by molar-refractivity contribution is -0.120. The van der Waals surface area contributed by atoms with Crippen LogP contribution in [0.25, 0.3) is 0 Å². The van der Waals surface area contributed by atoms with E-state index in [1.165, 1.54) is 5.57 Å². The van der Waals surface area contributed by atoms with Gasteiger partial charge in [-0.25, -0.2) is 0 Å². The summed E-state index contributed by atoms with van der Waals surface area (Å²) >= 11 is 0. The molecule has 0 saturated heterocycles. The van der Waals surface area contributed by atoms with E-state index in [2.05, 4.69) is 16.7 Å². The van der Waals surface area contributed by atoms with Crippen molar-refractivity contribution in [3.63, 3.8) is 0 Å². The largest absolute Gasteiger partial charge is 0.497 e. The second-order valence-electron chi connectivity index (χ2n) is 4.95. The lowest BCUT2D eigenvalue weighted by atomic mass is 10.1. The van der Waals surface area contributed by atoms with Gasteiger partial charge in [0.15, 0.2) is 0 Å². The molecule has 0 saturated carbocycles. The normalized spacial score (nSPS) is 14.3. The molecule has 2 N–H and O–H groups in total. The molecule has 114 valence electrons. The van der Waals surface area contributed by atoms with E-state index in [1.54, 1.807) is 14.2 Å². The maximum Gasteiger partial charge on any atom is 0.224 e. The zero-order chi connectivity index (χ0) is 15.1. The molecule has 0 aliphatic carbocycles. The molecule has 1 aliphatic heterocycles. The molecule has 0 atom stereocenters. The Morgan fingerprint density at radius 1 is 1.33 bits per heavy atom. The van der Waals surface area contributed by atoms with Crippen molar-refractivity contribution in [3.8, 4) is 11.5 Å². The summed E-state index contributed by atoms with van der Waals surface area (Å²) in [7, 11) is 3.21. The van der Waals surface area contributed by atoms with Crippen molar-refractivity contribution in [2.75, 3.05) is 33.9 Å². The molecule has 1 aromatic carbocycles. The van der Waals surface area contributed by atoms with Crippen LogP contribution in [0.5, 0.6) is 11.5 Å². The Kier molecular flexibility index (Phi) is 5.63. The number of rotatable bonds is 6. The van der Waals surface area contributed by atoms with E-state index in [0.717, 1.165) is 30.8 Å². The molecule has 2 rings (SSSR count). The van der Waals surface area contributed by atoms with Crippen molar-refractivity contribution >= 4 is 5.91 Å². The fraction of sp³-hybridized carbons (Fsp3) is 0.438. The van der Waals surface area contributed by atoms with Crippen LogP contribution in [0.2, 0.25) is 0 Å². The maximum atomic E-state index is 12.1. The summed E-state index contributed by atoms with van der Waals surface area (Å²) in [6.45, 7) is 2.48. The Balaban J connectivity index is 1.93. The van der Waals surface area contributed by atoms with Crippen LogP contribution in [-0.4, -0.2) is 39.8 Å². The molecule has 21 heavy (non-hydrogen) atoms. The first kappa shape index (κ1) is 15.4. The number of hydrogen-bond acceptors (Lipinski definition) is 4. The third-order valence-electron chi connectivity index (χ3n) is 3.51. The van der Waals surface area contributed by atoms with Crippen molar-refractivity contribution < 1.29 is 14.3 Å². The van der Waals surface area contributed by atoms with Gasteiger partial charge in [-0.1, -0.05) is 11.6 Å². The van der Waals surface area contributed by atoms with Gasteiger partial charge in [0.2, 0.25) is 5.91 Å². The van der Waals surface area contributed by atoms with Gasteiger partial charge >= 0.3 is 0 Å². The first-order valence-corrected chi connectivity index (χ1v) is 7.09. The third-order valence-corrected chi connectivity index (χ3v) is 3.51. The molecule has 0 aromatic heterocycles. The highest BCUT2D eigenvalue weighted by molar-refractivity contribution is 5.79. The average Bonchev–Trinajstić information content (AvgIpc) is 2.54. The van der Waals surface area contributed by atoms with Crippen LogP contribution >= 0.6 is 0 Å². The molecule has 0 fully saturated rings. The van der Waals surface area contributed by atoms with E-state index in [9.17, 15) is 4.79 Å². The minimum absolute atomic E-state index is 0.0130. The number of methoxy groups -OCH3 is 2. The summed E-state index contributed by atoms with van der Waals surface area (Å²) < 4.78 is 10.5. The fourth-order valence-corrected chi connectivity index (χ4v) is 2.30. The van der Waals surface area contributed by atoms with Crippen molar-refractivity contribution in [2.24, 2.45) is 0 Å². The van der Waals surface area contributed by atoms with E-state index in [-0.39, 0.29) is 12.3 Å². The Morgan fingerprint density at radius 3 is 2.86 bits per heavy atom. The van der Waals surface area contributed by atoms with Gasteiger partial charge in [0, 0.05) is 18.7 Å². The average molecular weight is 290 g/mol. The number of ether oxygens (including phenoxy) is 2.